The van der Waals surface area contributed by atoms with E-state index in [-0.39, 0.29) is 6.61 Å². The summed E-state index contributed by atoms with van der Waals surface area (Å²) in [6, 6.07) is 3.45. The third-order valence-corrected chi connectivity index (χ3v) is 2.97. The van der Waals surface area contributed by atoms with Gasteiger partial charge >= 0.3 is 0 Å². The molecule has 0 spiro atoms. The summed E-state index contributed by atoms with van der Waals surface area (Å²) in [7, 11) is 0. The zero-order valence-electron chi connectivity index (χ0n) is 10.3. The van der Waals surface area contributed by atoms with Crippen molar-refractivity contribution in [3.05, 3.63) is 22.7 Å². The van der Waals surface area contributed by atoms with E-state index in [2.05, 4.69) is 0 Å². The molecule has 1 heterocycles. The van der Waals surface area contributed by atoms with Crippen molar-refractivity contribution >= 4 is 11.6 Å². The summed E-state index contributed by atoms with van der Waals surface area (Å²) in [5.74, 6) is 1.15. The maximum atomic E-state index is 9.97. The number of rotatable bonds is 4. The number of ether oxygens (including phenoxy) is 3. The van der Waals surface area contributed by atoms with Gasteiger partial charge in [0.25, 0.3) is 0 Å². The van der Waals surface area contributed by atoms with Gasteiger partial charge in [-0.25, -0.2) is 0 Å². The molecule has 1 atom stereocenters. The maximum Gasteiger partial charge on any atom is 0.179 e. The number of aliphatic hydroxyl groups excluding tert-OH is 1. The van der Waals surface area contributed by atoms with E-state index >= 15 is 0 Å². The summed E-state index contributed by atoms with van der Waals surface area (Å²) in [4.78, 5) is 0. The van der Waals surface area contributed by atoms with Crippen molar-refractivity contribution in [2.75, 3.05) is 26.4 Å². The molecule has 4 nitrogen and oxygen atoms in total. The Bertz CT molecular complexity index is 408. The van der Waals surface area contributed by atoms with Crippen molar-refractivity contribution in [3.8, 4) is 11.5 Å². The van der Waals surface area contributed by atoms with Crippen LogP contribution < -0.4 is 9.47 Å². The lowest BCUT2D eigenvalue weighted by Crippen LogP contribution is -2.07. The van der Waals surface area contributed by atoms with Crippen LogP contribution in [0.4, 0.5) is 0 Å². The Morgan fingerprint density at radius 2 is 2.17 bits per heavy atom. The SMILES string of the molecule is CCOCC(O)c1cc(Cl)c2c(c1)OCCCO2. The molecule has 0 radical (unpaired) electrons. The standard InChI is InChI=1S/C13H17ClO4/c1-2-16-8-11(15)9-6-10(14)13-12(7-9)17-4-3-5-18-13/h6-7,11,15H,2-5,8H2,1H3. The lowest BCUT2D eigenvalue weighted by atomic mass is 10.1. The van der Waals surface area contributed by atoms with Crippen LogP contribution in [0.2, 0.25) is 5.02 Å². The van der Waals surface area contributed by atoms with E-state index in [1.165, 1.54) is 0 Å². The summed E-state index contributed by atoms with van der Waals surface area (Å²) in [6.07, 6.45) is 0.113. The first-order valence-electron chi connectivity index (χ1n) is 6.07. The van der Waals surface area contributed by atoms with Crippen LogP contribution in [-0.2, 0) is 4.74 Å². The fourth-order valence-electron chi connectivity index (χ4n) is 1.77. The van der Waals surface area contributed by atoms with Gasteiger partial charge in [0.2, 0.25) is 0 Å². The summed E-state index contributed by atoms with van der Waals surface area (Å²) in [5, 5.41) is 10.4. The quantitative estimate of drug-likeness (QED) is 0.915. The van der Waals surface area contributed by atoms with Gasteiger partial charge in [0.15, 0.2) is 11.5 Å². The van der Waals surface area contributed by atoms with Gasteiger partial charge in [-0.1, -0.05) is 11.6 Å². The van der Waals surface area contributed by atoms with Gasteiger partial charge < -0.3 is 19.3 Å². The minimum Gasteiger partial charge on any atom is -0.489 e. The predicted molar refractivity (Wildman–Crippen MR) is 68.5 cm³/mol. The number of hydrogen-bond donors (Lipinski definition) is 1. The second kappa shape index (κ2) is 6.27. The Morgan fingerprint density at radius 3 is 2.94 bits per heavy atom. The van der Waals surface area contributed by atoms with Crippen molar-refractivity contribution < 1.29 is 19.3 Å². The molecule has 0 aromatic heterocycles. The molecule has 0 aliphatic carbocycles. The molecule has 2 rings (SSSR count). The predicted octanol–water partition coefficient (Wildman–Crippen LogP) is 2.57. The van der Waals surface area contributed by atoms with Gasteiger partial charge in [-0.3, -0.25) is 0 Å². The molecule has 18 heavy (non-hydrogen) atoms. The minimum atomic E-state index is -0.709. The lowest BCUT2D eigenvalue weighted by molar-refractivity contribution is 0.0419. The van der Waals surface area contributed by atoms with Crippen LogP contribution in [0.5, 0.6) is 11.5 Å². The Balaban J connectivity index is 2.22. The zero-order chi connectivity index (χ0) is 13.0. The largest absolute Gasteiger partial charge is 0.489 e. The van der Waals surface area contributed by atoms with Crippen molar-refractivity contribution in [2.24, 2.45) is 0 Å². The highest BCUT2D eigenvalue weighted by Gasteiger charge is 2.18. The monoisotopic (exact) mass is 272 g/mol. The normalized spacial score (nSPS) is 16.2. The number of aliphatic hydroxyl groups is 1. The number of hydrogen-bond acceptors (Lipinski definition) is 4. The molecule has 1 N–H and O–H groups in total. The van der Waals surface area contributed by atoms with Gasteiger partial charge in [-0.05, 0) is 24.6 Å². The molecule has 1 unspecified atom stereocenters. The highest BCUT2D eigenvalue weighted by molar-refractivity contribution is 6.32. The van der Waals surface area contributed by atoms with Crippen molar-refractivity contribution in [3.63, 3.8) is 0 Å². The minimum absolute atomic E-state index is 0.243. The van der Waals surface area contributed by atoms with E-state index in [1.54, 1.807) is 12.1 Å². The second-order valence-corrected chi connectivity index (χ2v) is 4.46. The van der Waals surface area contributed by atoms with Crippen molar-refractivity contribution in [1.82, 2.24) is 0 Å². The highest BCUT2D eigenvalue weighted by Crippen LogP contribution is 2.39. The Morgan fingerprint density at radius 1 is 1.39 bits per heavy atom. The first-order valence-corrected chi connectivity index (χ1v) is 6.45. The number of fused-ring (bicyclic) bond motifs is 1. The smallest absolute Gasteiger partial charge is 0.179 e. The Labute approximate surface area is 111 Å². The molecule has 5 heteroatoms. The van der Waals surface area contributed by atoms with Crippen LogP contribution >= 0.6 is 11.6 Å². The van der Waals surface area contributed by atoms with E-state index in [1.807, 2.05) is 6.92 Å². The van der Waals surface area contributed by atoms with Gasteiger partial charge in [-0.2, -0.15) is 0 Å². The first-order chi connectivity index (χ1) is 8.72. The molecule has 1 aromatic carbocycles. The van der Waals surface area contributed by atoms with Crippen LogP contribution in [0, 0.1) is 0 Å². The first kappa shape index (κ1) is 13.5. The summed E-state index contributed by atoms with van der Waals surface area (Å²) in [6.45, 7) is 3.87. The Kier molecular flexibility index (Phi) is 4.69. The van der Waals surface area contributed by atoms with E-state index in [9.17, 15) is 5.11 Å². The molecule has 1 aliphatic heterocycles. The van der Waals surface area contributed by atoms with Gasteiger partial charge in [0.05, 0.1) is 24.8 Å². The van der Waals surface area contributed by atoms with Crippen LogP contribution in [0.3, 0.4) is 0 Å². The van der Waals surface area contributed by atoms with Crippen LogP contribution in [0.1, 0.15) is 25.0 Å². The zero-order valence-corrected chi connectivity index (χ0v) is 11.1. The molecule has 0 bridgehead atoms. The van der Waals surface area contributed by atoms with E-state index < -0.39 is 6.10 Å². The molecule has 0 amide bonds. The summed E-state index contributed by atoms with van der Waals surface area (Å²) in [5.41, 5.74) is 0.678. The lowest BCUT2D eigenvalue weighted by Gasteiger charge is -2.15. The molecule has 100 valence electrons. The third kappa shape index (κ3) is 3.07. The molecule has 0 saturated carbocycles. The fourth-order valence-corrected chi connectivity index (χ4v) is 2.04. The van der Waals surface area contributed by atoms with Crippen LogP contribution in [0.15, 0.2) is 12.1 Å². The van der Waals surface area contributed by atoms with Gasteiger partial charge in [-0.15, -0.1) is 0 Å². The molecule has 1 aliphatic rings. The van der Waals surface area contributed by atoms with E-state index in [4.69, 9.17) is 25.8 Å². The van der Waals surface area contributed by atoms with Gasteiger partial charge in [0, 0.05) is 13.0 Å². The average molecular weight is 273 g/mol. The number of halogens is 1. The summed E-state index contributed by atoms with van der Waals surface area (Å²) < 4.78 is 16.3. The Hall–Kier alpha value is -0.970. The molecular weight excluding hydrogens is 256 g/mol. The third-order valence-electron chi connectivity index (χ3n) is 2.69. The molecule has 0 saturated heterocycles. The fraction of sp³-hybridized carbons (Fsp3) is 0.538. The van der Waals surface area contributed by atoms with Crippen LogP contribution in [0.25, 0.3) is 0 Å². The molecule has 0 fully saturated rings. The van der Waals surface area contributed by atoms with E-state index in [0.29, 0.717) is 41.9 Å². The molecular formula is C13H17ClO4. The van der Waals surface area contributed by atoms with Gasteiger partial charge in [0.1, 0.15) is 6.10 Å². The highest BCUT2D eigenvalue weighted by atomic mass is 35.5. The summed E-state index contributed by atoms with van der Waals surface area (Å²) >= 11 is 6.14. The van der Waals surface area contributed by atoms with E-state index in [0.717, 1.165) is 6.42 Å². The maximum absolute atomic E-state index is 9.97. The number of benzene rings is 1. The topological polar surface area (TPSA) is 47.9 Å². The second-order valence-electron chi connectivity index (χ2n) is 4.06. The van der Waals surface area contributed by atoms with Crippen molar-refractivity contribution in [1.29, 1.82) is 0 Å². The molecule has 1 aromatic rings. The van der Waals surface area contributed by atoms with Crippen molar-refractivity contribution in [2.45, 2.75) is 19.4 Å². The van der Waals surface area contributed by atoms with Crippen LogP contribution in [-0.4, -0.2) is 31.5 Å². The average Bonchev–Trinajstić information content (AvgIpc) is 2.61.